The SMILES string of the molecule is CNc1cc(N2CC3CCC(C2)O3)c(C(=O)N[C@H]2CC[C@H](C)CC2)cc1[N+](=O)[O-]. The highest BCUT2D eigenvalue weighted by Gasteiger charge is 2.36. The summed E-state index contributed by atoms with van der Waals surface area (Å²) < 4.78 is 5.93. The van der Waals surface area contributed by atoms with E-state index in [1.54, 1.807) is 13.1 Å². The summed E-state index contributed by atoms with van der Waals surface area (Å²) in [5, 5.41) is 17.6. The Morgan fingerprint density at radius 3 is 2.38 bits per heavy atom. The number of nitrogens with one attached hydrogen (secondary N) is 2. The summed E-state index contributed by atoms with van der Waals surface area (Å²) in [7, 11) is 1.66. The molecule has 1 amide bonds. The van der Waals surface area contributed by atoms with Gasteiger partial charge in [0.05, 0.1) is 28.4 Å². The van der Waals surface area contributed by atoms with Crippen molar-refractivity contribution in [3.8, 4) is 0 Å². The normalized spacial score (nSPS) is 28.8. The third-order valence-electron chi connectivity index (χ3n) is 6.56. The van der Waals surface area contributed by atoms with Crippen LogP contribution in [0.4, 0.5) is 17.1 Å². The van der Waals surface area contributed by atoms with Crippen molar-refractivity contribution in [2.75, 3.05) is 30.4 Å². The molecule has 29 heavy (non-hydrogen) atoms. The van der Waals surface area contributed by atoms with Gasteiger partial charge in [-0.15, -0.1) is 0 Å². The summed E-state index contributed by atoms with van der Waals surface area (Å²) in [6.45, 7) is 3.65. The van der Waals surface area contributed by atoms with Gasteiger partial charge in [-0.3, -0.25) is 14.9 Å². The molecule has 4 rings (SSSR count). The second-order valence-electron chi connectivity index (χ2n) is 8.69. The molecular formula is C21H30N4O4. The largest absolute Gasteiger partial charge is 0.383 e. The number of hydrogen-bond donors (Lipinski definition) is 2. The van der Waals surface area contributed by atoms with E-state index in [9.17, 15) is 14.9 Å². The number of hydrogen-bond acceptors (Lipinski definition) is 6. The van der Waals surface area contributed by atoms with E-state index in [0.29, 0.717) is 30.3 Å². The Morgan fingerprint density at radius 2 is 1.79 bits per heavy atom. The maximum absolute atomic E-state index is 13.2. The van der Waals surface area contributed by atoms with Crippen LogP contribution in [-0.2, 0) is 4.74 Å². The van der Waals surface area contributed by atoms with E-state index >= 15 is 0 Å². The molecule has 8 heteroatoms. The van der Waals surface area contributed by atoms with Crippen molar-refractivity contribution in [1.29, 1.82) is 0 Å². The Balaban J connectivity index is 1.65. The Kier molecular flexibility index (Phi) is 5.63. The monoisotopic (exact) mass is 402 g/mol. The van der Waals surface area contributed by atoms with Crippen molar-refractivity contribution in [1.82, 2.24) is 5.32 Å². The highest BCUT2D eigenvalue weighted by molar-refractivity contribution is 6.02. The number of anilines is 2. The van der Waals surface area contributed by atoms with Gasteiger partial charge in [-0.2, -0.15) is 0 Å². The van der Waals surface area contributed by atoms with Crippen LogP contribution < -0.4 is 15.5 Å². The van der Waals surface area contributed by atoms with Crippen molar-refractivity contribution in [3.05, 3.63) is 27.8 Å². The molecule has 0 spiro atoms. The summed E-state index contributed by atoms with van der Waals surface area (Å²) in [5.74, 6) is 0.475. The van der Waals surface area contributed by atoms with E-state index in [-0.39, 0.29) is 29.8 Å². The van der Waals surface area contributed by atoms with Crippen LogP contribution in [0, 0.1) is 16.0 Å². The van der Waals surface area contributed by atoms with Gasteiger partial charge < -0.3 is 20.3 Å². The number of rotatable bonds is 5. The molecule has 3 aliphatic rings. The molecular weight excluding hydrogens is 372 g/mol. The number of nitro benzene ring substituents is 1. The minimum absolute atomic E-state index is 0.0742. The lowest BCUT2D eigenvalue weighted by Gasteiger charge is -2.35. The number of fused-ring (bicyclic) bond motifs is 2. The average Bonchev–Trinajstić information content (AvgIpc) is 3.06. The molecule has 2 atom stereocenters. The van der Waals surface area contributed by atoms with Gasteiger partial charge in [-0.25, -0.2) is 0 Å². The Bertz CT molecular complexity index is 779. The predicted molar refractivity (Wildman–Crippen MR) is 112 cm³/mol. The highest BCUT2D eigenvalue weighted by atomic mass is 16.6. The molecule has 1 aromatic rings. The first-order valence-corrected chi connectivity index (χ1v) is 10.7. The lowest BCUT2D eigenvalue weighted by molar-refractivity contribution is -0.383. The molecule has 2 N–H and O–H groups in total. The number of ether oxygens (including phenoxy) is 1. The Hall–Kier alpha value is -2.35. The quantitative estimate of drug-likeness (QED) is 0.579. The van der Waals surface area contributed by atoms with Gasteiger partial charge in [0.15, 0.2) is 0 Å². The smallest absolute Gasteiger partial charge is 0.293 e. The van der Waals surface area contributed by atoms with Crippen LogP contribution in [-0.4, -0.2) is 49.2 Å². The van der Waals surface area contributed by atoms with E-state index in [0.717, 1.165) is 44.2 Å². The highest BCUT2D eigenvalue weighted by Crippen LogP contribution is 2.37. The van der Waals surface area contributed by atoms with Crippen LogP contribution in [0.1, 0.15) is 55.8 Å². The summed E-state index contributed by atoms with van der Waals surface area (Å²) in [5.41, 5.74) is 1.49. The fourth-order valence-electron chi connectivity index (χ4n) is 4.85. The maximum atomic E-state index is 13.2. The molecule has 1 saturated carbocycles. The summed E-state index contributed by atoms with van der Waals surface area (Å²) >= 11 is 0. The van der Waals surface area contributed by atoms with Crippen molar-refractivity contribution in [3.63, 3.8) is 0 Å². The van der Waals surface area contributed by atoms with Crippen LogP contribution in [0.15, 0.2) is 12.1 Å². The molecule has 2 unspecified atom stereocenters. The molecule has 158 valence electrons. The van der Waals surface area contributed by atoms with E-state index in [1.165, 1.54) is 6.07 Å². The van der Waals surface area contributed by atoms with Crippen molar-refractivity contribution in [2.45, 2.75) is 63.7 Å². The van der Waals surface area contributed by atoms with E-state index in [4.69, 9.17) is 4.74 Å². The number of carbonyl (C=O) groups is 1. The molecule has 0 radical (unpaired) electrons. The second kappa shape index (κ2) is 8.18. The molecule has 2 aliphatic heterocycles. The lowest BCUT2D eigenvalue weighted by Crippen LogP contribution is -2.44. The minimum Gasteiger partial charge on any atom is -0.383 e. The maximum Gasteiger partial charge on any atom is 0.293 e. The fraction of sp³-hybridized carbons (Fsp3) is 0.667. The molecule has 2 saturated heterocycles. The van der Waals surface area contributed by atoms with E-state index < -0.39 is 4.92 Å². The summed E-state index contributed by atoms with van der Waals surface area (Å²) in [4.78, 5) is 26.5. The van der Waals surface area contributed by atoms with Crippen LogP contribution in [0.3, 0.4) is 0 Å². The summed E-state index contributed by atoms with van der Waals surface area (Å²) in [6, 6.07) is 3.32. The Morgan fingerprint density at radius 1 is 1.14 bits per heavy atom. The van der Waals surface area contributed by atoms with Crippen LogP contribution in [0.5, 0.6) is 0 Å². The topological polar surface area (TPSA) is 96.7 Å². The van der Waals surface area contributed by atoms with Gasteiger partial charge in [0, 0.05) is 32.2 Å². The average molecular weight is 402 g/mol. The zero-order valence-corrected chi connectivity index (χ0v) is 17.1. The van der Waals surface area contributed by atoms with E-state index in [2.05, 4.69) is 22.5 Å². The molecule has 1 aromatic carbocycles. The zero-order chi connectivity index (χ0) is 20.5. The fourth-order valence-corrected chi connectivity index (χ4v) is 4.85. The number of nitrogens with zero attached hydrogens (tertiary/aromatic N) is 2. The first kappa shape index (κ1) is 19.9. The van der Waals surface area contributed by atoms with Crippen LogP contribution >= 0.6 is 0 Å². The second-order valence-corrected chi connectivity index (χ2v) is 8.69. The number of nitro groups is 1. The first-order valence-electron chi connectivity index (χ1n) is 10.7. The molecule has 3 fully saturated rings. The standard InChI is InChI=1S/C21H30N4O4/c1-13-3-5-14(6-4-13)23-21(26)17-9-20(25(27)28)18(22-2)10-19(17)24-11-15-7-8-16(12-24)29-15/h9-10,13-16,22H,3-8,11-12H2,1-2H3,(H,23,26)/t13-,14-,15?,16?. The van der Waals surface area contributed by atoms with Gasteiger partial charge in [0.1, 0.15) is 5.69 Å². The number of carbonyl (C=O) groups excluding carboxylic acids is 1. The van der Waals surface area contributed by atoms with Gasteiger partial charge >= 0.3 is 0 Å². The van der Waals surface area contributed by atoms with Gasteiger partial charge in [-0.05, 0) is 50.5 Å². The van der Waals surface area contributed by atoms with E-state index in [1.807, 2.05) is 0 Å². The minimum atomic E-state index is -0.433. The zero-order valence-electron chi connectivity index (χ0n) is 17.1. The summed E-state index contributed by atoms with van der Waals surface area (Å²) in [6.07, 6.45) is 6.49. The third kappa shape index (κ3) is 4.17. The molecule has 0 aromatic heterocycles. The molecule has 8 nitrogen and oxygen atoms in total. The molecule has 1 aliphatic carbocycles. The van der Waals surface area contributed by atoms with Crippen molar-refractivity contribution >= 4 is 23.0 Å². The van der Waals surface area contributed by atoms with Crippen LogP contribution in [0.25, 0.3) is 0 Å². The number of amides is 1. The predicted octanol–water partition coefficient (Wildman–Crippen LogP) is 3.31. The van der Waals surface area contributed by atoms with Crippen molar-refractivity contribution in [2.24, 2.45) is 5.92 Å². The lowest BCUT2D eigenvalue weighted by atomic mass is 9.87. The Labute approximate surface area is 171 Å². The van der Waals surface area contributed by atoms with Gasteiger partial charge in [0.25, 0.3) is 11.6 Å². The third-order valence-corrected chi connectivity index (χ3v) is 6.56. The first-order chi connectivity index (χ1) is 13.9. The van der Waals surface area contributed by atoms with Gasteiger partial charge in [0.2, 0.25) is 0 Å². The van der Waals surface area contributed by atoms with Crippen molar-refractivity contribution < 1.29 is 14.5 Å². The number of morpholine rings is 1. The van der Waals surface area contributed by atoms with Gasteiger partial charge in [-0.1, -0.05) is 6.92 Å². The number of benzene rings is 1. The van der Waals surface area contributed by atoms with Crippen LogP contribution in [0.2, 0.25) is 0 Å². The molecule has 2 bridgehead atoms. The molecule has 2 heterocycles.